The highest BCUT2D eigenvalue weighted by atomic mass is 16.6. The number of aromatic nitrogens is 1. The summed E-state index contributed by atoms with van der Waals surface area (Å²) in [7, 11) is 0. The molecule has 1 aliphatic carbocycles. The van der Waals surface area contributed by atoms with E-state index in [0.717, 1.165) is 34.9 Å². The predicted molar refractivity (Wildman–Crippen MR) is 143 cm³/mol. The maximum Gasteiger partial charge on any atom is 0.410 e. The number of fused-ring (bicyclic) bond motifs is 1. The molecule has 1 saturated carbocycles. The van der Waals surface area contributed by atoms with Crippen LogP contribution in [0.1, 0.15) is 55.2 Å². The SMILES string of the molecule is Cc1ccc(C(=O)NC2CC2)cc1-c1ccc2c(CC(=O)N3CCN(C(=O)OC(C)(C)C)CC3)noc2c1. The van der Waals surface area contributed by atoms with Gasteiger partial charge in [0, 0.05) is 43.2 Å². The van der Waals surface area contributed by atoms with Crippen molar-refractivity contribution in [2.45, 2.75) is 58.6 Å². The summed E-state index contributed by atoms with van der Waals surface area (Å²) >= 11 is 0. The lowest BCUT2D eigenvalue weighted by Gasteiger charge is -2.35. The summed E-state index contributed by atoms with van der Waals surface area (Å²) in [5, 5.41) is 8.01. The van der Waals surface area contributed by atoms with Crippen LogP contribution < -0.4 is 5.32 Å². The van der Waals surface area contributed by atoms with Crippen LogP contribution in [0.2, 0.25) is 0 Å². The standard InChI is InChI=1S/C29H34N4O5/c1-18-5-6-20(27(35)30-21-8-9-21)15-23(18)19-7-10-22-24(31-38-25(22)16-19)17-26(34)32-11-13-33(14-12-32)28(36)37-29(2,3)4/h5-7,10,15-16,21H,8-9,11-14,17H2,1-4H3,(H,30,35). The van der Waals surface area contributed by atoms with Crippen molar-refractivity contribution in [3.05, 3.63) is 53.2 Å². The second-order valence-corrected chi connectivity index (χ2v) is 11.1. The molecule has 0 atom stereocenters. The van der Waals surface area contributed by atoms with Crippen molar-refractivity contribution in [1.29, 1.82) is 0 Å². The maximum absolute atomic E-state index is 13.0. The van der Waals surface area contributed by atoms with E-state index in [1.165, 1.54) is 0 Å². The molecule has 200 valence electrons. The molecule has 3 aromatic rings. The first-order chi connectivity index (χ1) is 18.1. The molecule has 2 aromatic carbocycles. The van der Waals surface area contributed by atoms with Gasteiger partial charge in [-0.25, -0.2) is 4.79 Å². The molecule has 0 unspecified atom stereocenters. The Morgan fingerprint density at radius 2 is 1.74 bits per heavy atom. The number of amides is 3. The van der Waals surface area contributed by atoms with E-state index in [9.17, 15) is 14.4 Å². The van der Waals surface area contributed by atoms with Crippen LogP contribution >= 0.6 is 0 Å². The van der Waals surface area contributed by atoms with Crippen molar-refractivity contribution in [3.63, 3.8) is 0 Å². The summed E-state index contributed by atoms with van der Waals surface area (Å²) in [6, 6.07) is 11.8. The quantitative estimate of drug-likeness (QED) is 0.540. The molecular formula is C29H34N4O5. The third kappa shape index (κ3) is 5.82. The molecule has 1 aromatic heterocycles. The van der Waals surface area contributed by atoms with Gasteiger partial charge < -0.3 is 24.4 Å². The predicted octanol–water partition coefficient (Wildman–Crippen LogP) is 4.32. The molecule has 5 rings (SSSR count). The number of benzene rings is 2. The highest BCUT2D eigenvalue weighted by molar-refractivity contribution is 5.96. The molecule has 0 bridgehead atoms. The van der Waals surface area contributed by atoms with E-state index in [-0.39, 0.29) is 24.3 Å². The summed E-state index contributed by atoms with van der Waals surface area (Å²) in [4.78, 5) is 41.2. The van der Waals surface area contributed by atoms with Gasteiger partial charge in [-0.2, -0.15) is 0 Å². The van der Waals surface area contributed by atoms with E-state index in [4.69, 9.17) is 9.26 Å². The fourth-order valence-corrected chi connectivity index (χ4v) is 4.58. The third-order valence-corrected chi connectivity index (χ3v) is 6.87. The van der Waals surface area contributed by atoms with E-state index < -0.39 is 5.60 Å². The molecule has 2 heterocycles. The smallest absolute Gasteiger partial charge is 0.410 e. The summed E-state index contributed by atoms with van der Waals surface area (Å²) in [5.74, 6) is -0.111. The molecule has 1 saturated heterocycles. The molecule has 3 amide bonds. The molecule has 2 fully saturated rings. The number of ether oxygens (including phenoxy) is 1. The summed E-state index contributed by atoms with van der Waals surface area (Å²) in [5.41, 5.74) is 4.17. The van der Waals surface area contributed by atoms with Crippen molar-refractivity contribution in [2.75, 3.05) is 26.2 Å². The number of hydrogen-bond acceptors (Lipinski definition) is 6. The van der Waals surface area contributed by atoms with Gasteiger partial charge in [0.05, 0.1) is 6.42 Å². The molecule has 38 heavy (non-hydrogen) atoms. The van der Waals surface area contributed by atoms with Gasteiger partial charge >= 0.3 is 6.09 Å². The van der Waals surface area contributed by atoms with E-state index in [2.05, 4.69) is 10.5 Å². The van der Waals surface area contributed by atoms with Crippen LogP contribution in [-0.4, -0.2) is 70.7 Å². The van der Waals surface area contributed by atoms with Gasteiger partial charge in [-0.05, 0) is 81.5 Å². The van der Waals surface area contributed by atoms with Gasteiger partial charge in [0.1, 0.15) is 11.3 Å². The second-order valence-electron chi connectivity index (χ2n) is 11.1. The van der Waals surface area contributed by atoms with Crippen molar-refractivity contribution in [2.24, 2.45) is 0 Å². The summed E-state index contributed by atoms with van der Waals surface area (Å²) in [6.07, 6.45) is 1.85. The highest BCUT2D eigenvalue weighted by Crippen LogP contribution is 2.30. The molecule has 1 N–H and O–H groups in total. The van der Waals surface area contributed by atoms with Gasteiger partial charge in [-0.15, -0.1) is 0 Å². The minimum Gasteiger partial charge on any atom is -0.444 e. The number of carbonyl (C=O) groups is 3. The Morgan fingerprint density at radius 3 is 2.42 bits per heavy atom. The number of piperazine rings is 1. The van der Waals surface area contributed by atoms with Gasteiger partial charge in [-0.3, -0.25) is 9.59 Å². The van der Waals surface area contributed by atoms with Crippen molar-refractivity contribution >= 4 is 28.9 Å². The number of nitrogens with zero attached hydrogens (tertiary/aromatic N) is 3. The van der Waals surface area contributed by atoms with Crippen LogP contribution in [0.4, 0.5) is 4.79 Å². The lowest BCUT2D eigenvalue weighted by molar-refractivity contribution is -0.132. The van der Waals surface area contributed by atoms with E-state index >= 15 is 0 Å². The average molecular weight is 519 g/mol. The first kappa shape index (κ1) is 25.8. The van der Waals surface area contributed by atoms with E-state index in [1.54, 1.807) is 9.80 Å². The number of nitrogens with one attached hydrogen (secondary N) is 1. The first-order valence-electron chi connectivity index (χ1n) is 13.1. The fraction of sp³-hybridized carbons (Fsp3) is 0.448. The Kier molecular flexibility index (Phi) is 6.86. The van der Waals surface area contributed by atoms with Gasteiger partial charge in [0.15, 0.2) is 5.58 Å². The van der Waals surface area contributed by atoms with Gasteiger partial charge in [0.2, 0.25) is 5.91 Å². The van der Waals surface area contributed by atoms with Crippen LogP contribution in [0.15, 0.2) is 40.9 Å². The summed E-state index contributed by atoms with van der Waals surface area (Å²) < 4.78 is 11.0. The Balaban J connectivity index is 1.25. The van der Waals surface area contributed by atoms with Crippen molar-refractivity contribution in [1.82, 2.24) is 20.3 Å². The lowest BCUT2D eigenvalue weighted by Crippen LogP contribution is -2.52. The van der Waals surface area contributed by atoms with Gasteiger partial charge in [-0.1, -0.05) is 17.3 Å². The molecule has 0 spiro atoms. The maximum atomic E-state index is 13.0. The van der Waals surface area contributed by atoms with Crippen LogP contribution in [0.25, 0.3) is 22.1 Å². The molecule has 2 aliphatic rings. The Hall–Kier alpha value is -3.88. The van der Waals surface area contributed by atoms with Crippen LogP contribution in [0, 0.1) is 6.92 Å². The van der Waals surface area contributed by atoms with Crippen molar-refractivity contribution < 1.29 is 23.6 Å². The zero-order valence-corrected chi connectivity index (χ0v) is 22.4. The van der Waals surface area contributed by atoms with Crippen molar-refractivity contribution in [3.8, 4) is 11.1 Å². The molecule has 0 radical (unpaired) electrons. The van der Waals surface area contributed by atoms with E-state index in [0.29, 0.717) is 49.1 Å². The molecular weight excluding hydrogens is 484 g/mol. The minimum absolute atomic E-state index is 0.0535. The molecule has 9 nitrogen and oxygen atoms in total. The zero-order valence-electron chi connectivity index (χ0n) is 22.4. The molecule has 1 aliphatic heterocycles. The minimum atomic E-state index is -0.552. The number of aryl methyl sites for hydroxylation is 1. The average Bonchev–Trinajstić information content (AvgIpc) is 3.61. The Morgan fingerprint density at radius 1 is 1.03 bits per heavy atom. The first-order valence-corrected chi connectivity index (χ1v) is 13.1. The molecule has 9 heteroatoms. The number of rotatable bonds is 5. The third-order valence-electron chi connectivity index (χ3n) is 6.87. The Labute approximate surface area is 222 Å². The zero-order chi connectivity index (χ0) is 27.0. The van der Waals surface area contributed by atoms with Crippen LogP contribution in [0.3, 0.4) is 0 Å². The monoisotopic (exact) mass is 518 g/mol. The van der Waals surface area contributed by atoms with Crippen LogP contribution in [-0.2, 0) is 16.0 Å². The largest absolute Gasteiger partial charge is 0.444 e. The van der Waals surface area contributed by atoms with Crippen LogP contribution in [0.5, 0.6) is 0 Å². The van der Waals surface area contributed by atoms with Gasteiger partial charge in [0.25, 0.3) is 5.91 Å². The van der Waals surface area contributed by atoms with E-state index in [1.807, 2.05) is 64.1 Å². The Bertz CT molecular complexity index is 1380. The number of carbonyl (C=O) groups excluding carboxylic acids is 3. The highest BCUT2D eigenvalue weighted by Gasteiger charge is 2.28. The topological polar surface area (TPSA) is 105 Å². The normalized spacial score (nSPS) is 16.0. The number of hydrogen-bond donors (Lipinski definition) is 1. The fourth-order valence-electron chi connectivity index (χ4n) is 4.58. The summed E-state index contributed by atoms with van der Waals surface area (Å²) in [6.45, 7) is 9.27. The second kappa shape index (κ2) is 10.1. The lowest BCUT2D eigenvalue weighted by atomic mass is 9.96.